The molecule has 0 radical (unpaired) electrons. The zero-order chi connectivity index (χ0) is 11.5. The van der Waals surface area contributed by atoms with Crippen LogP contribution in [0.4, 0.5) is 0 Å². The highest BCUT2D eigenvalue weighted by Gasteiger charge is 2.14. The fraction of sp³-hybridized carbons (Fsp3) is 0.333. The maximum Gasteiger partial charge on any atom is 0.121 e. The van der Waals surface area contributed by atoms with Crippen LogP contribution < -0.4 is 5.32 Å². The minimum Gasteiger partial charge on any atom is -0.508 e. The van der Waals surface area contributed by atoms with Crippen LogP contribution in [0.5, 0.6) is 5.75 Å². The van der Waals surface area contributed by atoms with Crippen molar-refractivity contribution in [2.75, 3.05) is 0 Å². The number of nitrogens with one attached hydrogen (secondary N) is 1. The van der Waals surface area contributed by atoms with Gasteiger partial charge in [0.05, 0.1) is 5.54 Å². The molecule has 3 heteroatoms. The Morgan fingerprint density at radius 3 is 2.73 bits per heavy atom. The Kier molecular flexibility index (Phi) is 3.62. The highest BCUT2D eigenvalue weighted by molar-refractivity contribution is 6.31. The van der Waals surface area contributed by atoms with Crippen molar-refractivity contribution in [2.24, 2.45) is 0 Å². The SMILES string of the molecule is C#CC(C)(C)NCc1c(O)cccc1Cl. The van der Waals surface area contributed by atoms with E-state index in [9.17, 15) is 5.11 Å². The van der Waals surface area contributed by atoms with Gasteiger partial charge in [-0.2, -0.15) is 0 Å². The number of phenols is 1. The number of hydrogen-bond acceptors (Lipinski definition) is 2. The third kappa shape index (κ3) is 3.16. The van der Waals surface area contributed by atoms with E-state index in [1.54, 1.807) is 18.2 Å². The molecule has 1 aromatic rings. The summed E-state index contributed by atoms with van der Waals surface area (Å²) in [4.78, 5) is 0. The lowest BCUT2D eigenvalue weighted by molar-refractivity contribution is 0.448. The molecule has 15 heavy (non-hydrogen) atoms. The molecule has 0 aliphatic rings. The Morgan fingerprint density at radius 1 is 1.53 bits per heavy atom. The highest BCUT2D eigenvalue weighted by atomic mass is 35.5. The molecule has 1 rings (SSSR count). The minimum absolute atomic E-state index is 0.183. The van der Waals surface area contributed by atoms with Crippen molar-refractivity contribution in [3.63, 3.8) is 0 Å². The molecule has 0 unspecified atom stereocenters. The Labute approximate surface area is 95.3 Å². The molecule has 0 amide bonds. The van der Waals surface area contributed by atoms with Crippen LogP contribution in [0.25, 0.3) is 0 Å². The molecule has 0 aliphatic carbocycles. The zero-order valence-electron chi connectivity index (χ0n) is 8.84. The molecule has 0 fully saturated rings. The van der Waals surface area contributed by atoms with Gasteiger partial charge >= 0.3 is 0 Å². The number of hydrogen-bond donors (Lipinski definition) is 2. The molecule has 0 bridgehead atoms. The van der Waals surface area contributed by atoms with Crippen molar-refractivity contribution in [1.29, 1.82) is 0 Å². The summed E-state index contributed by atoms with van der Waals surface area (Å²) in [6, 6.07) is 5.04. The first kappa shape index (κ1) is 11.9. The van der Waals surface area contributed by atoms with Crippen LogP contribution in [0, 0.1) is 12.3 Å². The van der Waals surface area contributed by atoms with Crippen LogP contribution in [0.1, 0.15) is 19.4 Å². The summed E-state index contributed by atoms with van der Waals surface area (Å²) >= 11 is 5.95. The Bertz CT molecular complexity index is 373. The second kappa shape index (κ2) is 4.57. The van der Waals surface area contributed by atoms with Gasteiger partial charge in [0, 0.05) is 17.1 Å². The summed E-state index contributed by atoms with van der Waals surface area (Å²) in [7, 11) is 0. The van der Waals surface area contributed by atoms with Gasteiger partial charge in [0.15, 0.2) is 0 Å². The summed E-state index contributed by atoms with van der Waals surface area (Å²) in [5.74, 6) is 2.80. The lowest BCUT2D eigenvalue weighted by atomic mass is 10.1. The van der Waals surface area contributed by atoms with E-state index in [1.165, 1.54) is 0 Å². The maximum absolute atomic E-state index is 9.58. The first-order chi connectivity index (χ1) is 6.96. The van der Waals surface area contributed by atoms with Crippen molar-refractivity contribution in [1.82, 2.24) is 5.32 Å². The van der Waals surface area contributed by atoms with Crippen molar-refractivity contribution < 1.29 is 5.11 Å². The third-order valence-electron chi connectivity index (χ3n) is 2.16. The van der Waals surface area contributed by atoms with E-state index in [-0.39, 0.29) is 5.75 Å². The van der Waals surface area contributed by atoms with Crippen LogP contribution in [0.3, 0.4) is 0 Å². The second-order valence-electron chi connectivity index (χ2n) is 3.86. The van der Waals surface area contributed by atoms with E-state index in [1.807, 2.05) is 13.8 Å². The molecule has 0 saturated heterocycles. The first-order valence-corrected chi connectivity index (χ1v) is 5.03. The summed E-state index contributed by atoms with van der Waals surface area (Å²) in [6.45, 7) is 4.23. The molecule has 0 aromatic heterocycles. The van der Waals surface area contributed by atoms with Crippen molar-refractivity contribution in [2.45, 2.75) is 25.9 Å². The van der Waals surface area contributed by atoms with Crippen LogP contribution in [0.2, 0.25) is 5.02 Å². The van der Waals surface area contributed by atoms with Gasteiger partial charge in [0.1, 0.15) is 5.75 Å². The van der Waals surface area contributed by atoms with E-state index in [0.717, 1.165) is 0 Å². The molecule has 0 heterocycles. The van der Waals surface area contributed by atoms with Crippen molar-refractivity contribution in [3.8, 4) is 18.1 Å². The molecular formula is C12H14ClNO. The zero-order valence-corrected chi connectivity index (χ0v) is 9.60. The summed E-state index contributed by atoms with van der Waals surface area (Å²) in [5, 5.41) is 13.2. The molecule has 0 saturated carbocycles. The minimum atomic E-state index is -0.411. The molecule has 0 aliphatic heterocycles. The normalized spacial score (nSPS) is 11.1. The lowest BCUT2D eigenvalue weighted by Crippen LogP contribution is -2.36. The van der Waals surface area contributed by atoms with Crippen LogP contribution in [-0.4, -0.2) is 10.6 Å². The van der Waals surface area contributed by atoms with Crippen LogP contribution >= 0.6 is 11.6 Å². The summed E-state index contributed by atoms with van der Waals surface area (Å²) in [6.07, 6.45) is 5.34. The lowest BCUT2D eigenvalue weighted by Gasteiger charge is -2.20. The van der Waals surface area contributed by atoms with Gasteiger partial charge in [-0.1, -0.05) is 23.6 Å². The van der Waals surface area contributed by atoms with Gasteiger partial charge in [0.25, 0.3) is 0 Å². The maximum atomic E-state index is 9.58. The topological polar surface area (TPSA) is 32.3 Å². The predicted molar refractivity (Wildman–Crippen MR) is 62.9 cm³/mol. The second-order valence-corrected chi connectivity index (χ2v) is 4.27. The molecular weight excluding hydrogens is 210 g/mol. The van der Waals surface area contributed by atoms with Gasteiger partial charge in [-0.25, -0.2) is 0 Å². The van der Waals surface area contributed by atoms with E-state index in [0.29, 0.717) is 17.1 Å². The molecule has 2 nitrogen and oxygen atoms in total. The van der Waals surface area contributed by atoms with Crippen LogP contribution in [0.15, 0.2) is 18.2 Å². The standard InChI is InChI=1S/C12H14ClNO/c1-4-12(2,3)14-8-9-10(13)6-5-7-11(9)15/h1,5-7,14-15H,8H2,2-3H3. The van der Waals surface area contributed by atoms with Crippen LogP contribution in [-0.2, 0) is 6.54 Å². The summed E-state index contributed by atoms with van der Waals surface area (Å²) < 4.78 is 0. The van der Waals surface area contributed by atoms with E-state index in [4.69, 9.17) is 18.0 Å². The van der Waals surface area contributed by atoms with E-state index < -0.39 is 5.54 Å². The Morgan fingerprint density at radius 2 is 2.20 bits per heavy atom. The number of benzene rings is 1. The number of aromatic hydroxyl groups is 1. The molecule has 2 N–H and O–H groups in total. The average Bonchev–Trinajstić information content (AvgIpc) is 2.17. The molecule has 1 aromatic carbocycles. The summed E-state index contributed by atoms with van der Waals surface area (Å²) in [5.41, 5.74) is 0.258. The van der Waals surface area contributed by atoms with Gasteiger partial charge in [-0.3, -0.25) is 5.32 Å². The highest BCUT2D eigenvalue weighted by Crippen LogP contribution is 2.25. The van der Waals surface area contributed by atoms with Crippen molar-refractivity contribution in [3.05, 3.63) is 28.8 Å². The molecule has 80 valence electrons. The smallest absolute Gasteiger partial charge is 0.121 e. The third-order valence-corrected chi connectivity index (χ3v) is 2.52. The van der Waals surface area contributed by atoms with E-state index >= 15 is 0 Å². The fourth-order valence-corrected chi connectivity index (χ4v) is 1.32. The number of halogens is 1. The van der Waals surface area contributed by atoms with Crippen molar-refractivity contribution >= 4 is 11.6 Å². The average molecular weight is 224 g/mol. The fourth-order valence-electron chi connectivity index (χ4n) is 1.08. The van der Waals surface area contributed by atoms with Gasteiger partial charge in [-0.05, 0) is 26.0 Å². The predicted octanol–water partition coefficient (Wildman–Crippen LogP) is 2.55. The first-order valence-electron chi connectivity index (χ1n) is 4.65. The van der Waals surface area contributed by atoms with Gasteiger partial charge < -0.3 is 5.11 Å². The molecule has 0 atom stereocenters. The largest absolute Gasteiger partial charge is 0.508 e. The number of rotatable bonds is 3. The Balaban J connectivity index is 2.79. The number of terminal acetylenes is 1. The van der Waals surface area contributed by atoms with E-state index in [2.05, 4.69) is 11.2 Å². The molecule has 0 spiro atoms. The Hall–Kier alpha value is -1.17. The van der Waals surface area contributed by atoms with Gasteiger partial charge in [0.2, 0.25) is 0 Å². The quantitative estimate of drug-likeness (QED) is 0.772. The van der Waals surface area contributed by atoms with Gasteiger partial charge in [-0.15, -0.1) is 6.42 Å². The number of phenolic OH excluding ortho intramolecular Hbond substituents is 1. The monoisotopic (exact) mass is 223 g/mol.